The van der Waals surface area contributed by atoms with Gasteiger partial charge in [-0.15, -0.1) is 0 Å². The lowest BCUT2D eigenvalue weighted by Gasteiger charge is -2.54. The molecule has 3 aromatic rings. The Morgan fingerprint density at radius 3 is 2.38 bits per heavy atom. The molecule has 0 spiro atoms. The second-order valence-corrected chi connectivity index (χ2v) is 10.6. The zero-order chi connectivity index (χ0) is 27.5. The Kier molecular flexibility index (Phi) is 7.86. The maximum Gasteiger partial charge on any atom is 0.334 e. The Labute approximate surface area is 233 Å². The van der Waals surface area contributed by atoms with Crippen molar-refractivity contribution in [1.82, 2.24) is 25.1 Å². The van der Waals surface area contributed by atoms with Gasteiger partial charge >= 0.3 is 6.03 Å². The van der Waals surface area contributed by atoms with E-state index >= 15 is 0 Å². The normalized spacial score (nSPS) is 19.7. The van der Waals surface area contributed by atoms with Crippen molar-refractivity contribution in [1.29, 1.82) is 0 Å². The second-order valence-electron chi connectivity index (χ2n) is 10.1. The van der Waals surface area contributed by atoms with Gasteiger partial charge in [0.2, 0.25) is 11.8 Å². The summed E-state index contributed by atoms with van der Waals surface area (Å²) in [5.41, 5.74) is 3.92. The maximum atomic E-state index is 13.9. The van der Waals surface area contributed by atoms with Crippen molar-refractivity contribution in [2.45, 2.75) is 38.6 Å². The van der Waals surface area contributed by atoms with Crippen molar-refractivity contribution >= 4 is 29.4 Å². The third-order valence-electron chi connectivity index (χ3n) is 7.25. The fourth-order valence-electron chi connectivity index (χ4n) is 5.31. The molecule has 2 atom stereocenters. The highest BCUT2D eigenvalue weighted by Gasteiger charge is 2.50. The highest BCUT2D eigenvalue weighted by atomic mass is 35.5. The van der Waals surface area contributed by atoms with Crippen LogP contribution in [0.3, 0.4) is 0 Å². The Hall–Kier alpha value is -3.88. The van der Waals surface area contributed by atoms with E-state index in [2.05, 4.69) is 5.32 Å². The van der Waals surface area contributed by atoms with E-state index in [9.17, 15) is 14.4 Å². The first-order valence-electron chi connectivity index (χ1n) is 13.0. The van der Waals surface area contributed by atoms with Crippen molar-refractivity contribution < 1.29 is 14.4 Å². The number of rotatable bonds is 6. The number of urea groups is 1. The topological polar surface area (TPSA) is 76.2 Å². The summed E-state index contributed by atoms with van der Waals surface area (Å²) >= 11 is 6.22. The first-order chi connectivity index (χ1) is 18.8. The van der Waals surface area contributed by atoms with E-state index in [1.54, 1.807) is 32.9 Å². The van der Waals surface area contributed by atoms with Gasteiger partial charge in [0.1, 0.15) is 12.2 Å². The minimum absolute atomic E-state index is 0.00122. The van der Waals surface area contributed by atoms with Crippen molar-refractivity contribution in [3.05, 3.63) is 106 Å². The lowest BCUT2D eigenvalue weighted by molar-refractivity contribution is -0.187. The molecule has 0 saturated carbocycles. The third kappa shape index (κ3) is 5.92. The number of amides is 4. The number of hydrazine groups is 1. The van der Waals surface area contributed by atoms with Crippen molar-refractivity contribution in [2.24, 2.45) is 0 Å². The van der Waals surface area contributed by atoms with E-state index in [-0.39, 0.29) is 30.9 Å². The number of carbonyl (C=O) groups is 3. The summed E-state index contributed by atoms with van der Waals surface area (Å²) in [5, 5.41) is 6.79. The van der Waals surface area contributed by atoms with Gasteiger partial charge in [-0.1, -0.05) is 83.9 Å². The van der Waals surface area contributed by atoms with Crippen LogP contribution < -0.4 is 5.32 Å². The van der Waals surface area contributed by atoms with Crippen LogP contribution >= 0.6 is 11.6 Å². The van der Waals surface area contributed by atoms with Crippen molar-refractivity contribution in [3.8, 4) is 0 Å². The van der Waals surface area contributed by atoms with Gasteiger partial charge in [-0.3, -0.25) is 9.59 Å². The van der Waals surface area contributed by atoms with Crippen molar-refractivity contribution in [3.63, 3.8) is 0 Å². The highest BCUT2D eigenvalue weighted by Crippen LogP contribution is 2.29. The number of hydrogen-bond acceptors (Lipinski definition) is 4. The number of halogens is 1. The van der Waals surface area contributed by atoms with Gasteiger partial charge in [0, 0.05) is 31.6 Å². The zero-order valence-corrected chi connectivity index (χ0v) is 22.8. The van der Waals surface area contributed by atoms with Crippen LogP contribution in [0.2, 0.25) is 5.02 Å². The summed E-state index contributed by atoms with van der Waals surface area (Å²) in [5.74, 6) is -0.322. The molecule has 2 fully saturated rings. The van der Waals surface area contributed by atoms with Crippen LogP contribution in [0, 0.1) is 6.92 Å². The van der Waals surface area contributed by atoms with Crippen LogP contribution in [-0.2, 0) is 29.1 Å². The van der Waals surface area contributed by atoms with Gasteiger partial charge in [-0.25, -0.2) is 14.8 Å². The highest BCUT2D eigenvalue weighted by molar-refractivity contribution is 6.30. The van der Waals surface area contributed by atoms with E-state index in [4.69, 9.17) is 11.6 Å². The van der Waals surface area contributed by atoms with Gasteiger partial charge in [-0.2, -0.15) is 0 Å². The van der Waals surface area contributed by atoms with Crippen molar-refractivity contribution in [2.75, 3.05) is 20.1 Å². The molecule has 4 amide bonds. The number of carbonyl (C=O) groups excluding carboxylic acids is 3. The van der Waals surface area contributed by atoms with E-state index in [1.807, 2.05) is 79.7 Å². The van der Waals surface area contributed by atoms with Crippen LogP contribution in [0.25, 0.3) is 0 Å². The lowest BCUT2D eigenvalue weighted by atomic mass is 9.98. The van der Waals surface area contributed by atoms with E-state index in [1.165, 1.54) is 0 Å². The molecule has 0 bridgehead atoms. The van der Waals surface area contributed by atoms with Gasteiger partial charge < -0.3 is 15.1 Å². The molecule has 2 aliphatic heterocycles. The molecule has 2 aliphatic rings. The summed E-state index contributed by atoms with van der Waals surface area (Å²) in [6, 6.07) is 24.0. The smallest absolute Gasteiger partial charge is 0.333 e. The molecule has 0 aromatic heterocycles. The predicted molar refractivity (Wildman–Crippen MR) is 149 cm³/mol. The Balaban J connectivity index is 1.46. The minimum Gasteiger partial charge on any atom is -0.333 e. The summed E-state index contributed by atoms with van der Waals surface area (Å²) in [6.45, 7) is 2.87. The number of piperazine rings is 1. The molecule has 0 aliphatic carbocycles. The second kappa shape index (κ2) is 11.5. The summed E-state index contributed by atoms with van der Waals surface area (Å²) < 4.78 is 0. The monoisotopic (exact) mass is 545 g/mol. The van der Waals surface area contributed by atoms with Gasteiger partial charge in [0.25, 0.3) is 0 Å². The largest absolute Gasteiger partial charge is 0.334 e. The third-order valence-corrected chi connectivity index (χ3v) is 7.48. The number of hydrogen-bond donors (Lipinski definition) is 1. The first-order valence-corrected chi connectivity index (χ1v) is 13.4. The molecule has 8 nitrogen and oxygen atoms in total. The van der Waals surface area contributed by atoms with Crippen LogP contribution in [0.5, 0.6) is 0 Å². The number of nitrogens with one attached hydrogen (secondary N) is 1. The average molecular weight is 546 g/mol. The molecule has 1 N–H and O–H groups in total. The van der Waals surface area contributed by atoms with E-state index < -0.39 is 12.2 Å². The molecule has 0 radical (unpaired) electrons. The molecule has 1 unspecified atom stereocenters. The Morgan fingerprint density at radius 2 is 1.67 bits per heavy atom. The van der Waals surface area contributed by atoms with E-state index in [0.717, 1.165) is 22.3 Å². The molecular formula is C30H32ClN5O3. The average Bonchev–Trinajstić information content (AvgIpc) is 2.91. The van der Waals surface area contributed by atoms with Crippen LogP contribution in [0.4, 0.5) is 4.79 Å². The molecule has 9 heteroatoms. The number of benzene rings is 3. The zero-order valence-electron chi connectivity index (χ0n) is 22.1. The maximum absolute atomic E-state index is 13.9. The summed E-state index contributed by atoms with van der Waals surface area (Å²) in [4.78, 5) is 44.2. The molecule has 39 heavy (non-hydrogen) atoms. The fraction of sp³-hybridized carbons (Fsp3) is 0.300. The van der Waals surface area contributed by atoms with Crippen LogP contribution in [0.15, 0.2) is 78.9 Å². The number of nitrogens with zero attached hydrogens (tertiary/aromatic N) is 4. The lowest BCUT2D eigenvalue weighted by Crippen LogP contribution is -2.76. The number of likely N-dealkylation sites (N-methyl/N-ethyl adjacent to an activating group) is 1. The molecule has 3 aromatic carbocycles. The Bertz CT molecular complexity index is 1350. The van der Waals surface area contributed by atoms with Crippen LogP contribution in [-0.4, -0.2) is 70.0 Å². The Morgan fingerprint density at radius 1 is 0.949 bits per heavy atom. The standard InChI is InChI=1S/C30H32ClN5O3/c1-21-11-13-22(14-12-21)16-26-29(38)34(18-24-9-6-10-25(31)15-24)19-27-35(26)28(37)20-33(2)36(27)30(39)32-17-23-7-4-3-5-8-23/h3-15,26-27H,16-20H2,1-2H3,(H,32,39)/t26-,27?/m0/s1. The SMILES string of the molecule is Cc1ccc(C[C@H]2C(=O)N(Cc3cccc(Cl)c3)CC3N2C(=O)CN(C)N3C(=O)NCc2ccccc2)cc1. The summed E-state index contributed by atoms with van der Waals surface area (Å²) in [7, 11) is 1.73. The fourth-order valence-corrected chi connectivity index (χ4v) is 5.52. The summed E-state index contributed by atoms with van der Waals surface area (Å²) in [6.07, 6.45) is -0.296. The number of fused-ring (bicyclic) bond motifs is 1. The van der Waals surface area contributed by atoms with Gasteiger partial charge in [-0.05, 0) is 35.7 Å². The number of aryl methyl sites for hydroxylation is 1. The molecule has 2 saturated heterocycles. The first kappa shape index (κ1) is 26.7. The van der Waals surface area contributed by atoms with E-state index in [0.29, 0.717) is 24.5 Å². The van der Waals surface area contributed by atoms with Gasteiger partial charge in [0.05, 0.1) is 13.1 Å². The molecular weight excluding hydrogens is 514 g/mol. The molecule has 202 valence electrons. The molecule has 5 rings (SSSR count). The quantitative estimate of drug-likeness (QED) is 0.511. The predicted octanol–water partition coefficient (Wildman–Crippen LogP) is 3.83. The van der Waals surface area contributed by atoms with Crippen LogP contribution in [0.1, 0.15) is 22.3 Å². The minimum atomic E-state index is -0.740. The van der Waals surface area contributed by atoms with Gasteiger partial charge in [0.15, 0.2) is 0 Å². The molecule has 2 heterocycles.